The lowest BCUT2D eigenvalue weighted by molar-refractivity contribution is 0.101. The van der Waals surface area contributed by atoms with E-state index in [-0.39, 0.29) is 18.3 Å². The van der Waals surface area contributed by atoms with Crippen molar-refractivity contribution in [1.29, 1.82) is 0 Å². The molecular weight excluding hydrogens is 422 g/mol. The maximum atomic E-state index is 12.6. The van der Waals surface area contributed by atoms with Crippen molar-refractivity contribution in [3.05, 3.63) is 83.8 Å². The van der Waals surface area contributed by atoms with Crippen LogP contribution in [0.3, 0.4) is 0 Å². The van der Waals surface area contributed by atoms with Crippen LogP contribution >= 0.6 is 0 Å². The normalized spacial score (nSPS) is 10.6. The van der Waals surface area contributed by atoms with E-state index < -0.39 is 0 Å². The number of hydrogen-bond acceptors (Lipinski definition) is 6. The third kappa shape index (κ3) is 5.32. The monoisotopic (exact) mass is 447 g/mol. The molecule has 0 atom stereocenters. The number of hydrogen-bond donors (Lipinski definition) is 1. The molecule has 2 aromatic heterocycles. The van der Waals surface area contributed by atoms with E-state index in [1.165, 1.54) is 10.2 Å². The first-order valence-electron chi connectivity index (χ1n) is 10.3. The van der Waals surface area contributed by atoms with Crippen LogP contribution in [0.25, 0.3) is 0 Å². The van der Waals surface area contributed by atoms with Crippen molar-refractivity contribution in [2.75, 3.05) is 19.5 Å². The number of amides is 1. The van der Waals surface area contributed by atoms with Crippen molar-refractivity contribution in [3.8, 4) is 17.2 Å². The molecule has 0 saturated heterocycles. The zero-order valence-electron chi connectivity index (χ0n) is 18.7. The second-order valence-electron chi connectivity index (χ2n) is 7.35. The van der Waals surface area contributed by atoms with Crippen LogP contribution in [0.5, 0.6) is 17.2 Å². The van der Waals surface area contributed by atoms with Gasteiger partial charge in [0.05, 0.1) is 20.8 Å². The van der Waals surface area contributed by atoms with Crippen LogP contribution in [0.2, 0.25) is 0 Å². The Balaban J connectivity index is 1.36. The van der Waals surface area contributed by atoms with Crippen LogP contribution in [-0.4, -0.2) is 39.7 Å². The first kappa shape index (κ1) is 21.9. The van der Waals surface area contributed by atoms with Crippen molar-refractivity contribution < 1.29 is 19.0 Å². The Morgan fingerprint density at radius 1 is 0.939 bits per heavy atom. The number of carbonyl (C=O) groups excluding carboxylic acids is 1. The van der Waals surface area contributed by atoms with Gasteiger partial charge in [0.25, 0.3) is 5.91 Å². The molecule has 4 rings (SSSR count). The first-order valence-corrected chi connectivity index (χ1v) is 10.3. The second-order valence-corrected chi connectivity index (χ2v) is 7.35. The summed E-state index contributed by atoms with van der Waals surface area (Å²) in [6, 6.07) is 16.9. The molecule has 0 aliphatic carbocycles. The molecular formula is C24H25N5O4. The Bertz CT molecular complexity index is 1220. The molecule has 9 heteroatoms. The number of para-hydroxylation sites is 1. The van der Waals surface area contributed by atoms with Gasteiger partial charge in [-0.25, -0.2) is 4.68 Å². The summed E-state index contributed by atoms with van der Waals surface area (Å²) >= 11 is 0. The van der Waals surface area contributed by atoms with Crippen LogP contribution < -0.4 is 19.5 Å². The summed E-state index contributed by atoms with van der Waals surface area (Å²) < 4.78 is 19.8. The second kappa shape index (κ2) is 9.90. The molecule has 0 fully saturated rings. The molecule has 9 nitrogen and oxygen atoms in total. The number of rotatable bonds is 9. The van der Waals surface area contributed by atoms with Crippen molar-refractivity contribution in [1.82, 2.24) is 19.6 Å². The van der Waals surface area contributed by atoms with Gasteiger partial charge < -0.3 is 19.5 Å². The van der Waals surface area contributed by atoms with Crippen LogP contribution in [0.4, 0.5) is 5.82 Å². The van der Waals surface area contributed by atoms with Crippen molar-refractivity contribution >= 4 is 11.7 Å². The minimum Gasteiger partial charge on any atom is -0.493 e. The molecule has 2 aromatic carbocycles. The zero-order valence-corrected chi connectivity index (χ0v) is 18.7. The fraction of sp³-hybridized carbons (Fsp3) is 0.208. The quantitative estimate of drug-likeness (QED) is 0.420. The number of carbonyl (C=O) groups is 1. The number of ether oxygens (including phenoxy) is 3. The van der Waals surface area contributed by atoms with Crippen LogP contribution in [-0.2, 0) is 13.3 Å². The highest BCUT2D eigenvalue weighted by Crippen LogP contribution is 2.36. The number of aryl methyl sites for hydroxylation is 1. The van der Waals surface area contributed by atoms with E-state index in [1.807, 2.05) is 24.4 Å². The summed E-state index contributed by atoms with van der Waals surface area (Å²) in [5.41, 5.74) is 2.58. The van der Waals surface area contributed by atoms with E-state index in [1.54, 1.807) is 49.4 Å². The largest absolute Gasteiger partial charge is 0.493 e. The number of nitrogens with zero attached hydrogens (tertiary/aromatic N) is 4. The fourth-order valence-electron chi connectivity index (χ4n) is 3.34. The molecule has 0 aliphatic heterocycles. The highest BCUT2D eigenvalue weighted by atomic mass is 16.5. The Kier molecular flexibility index (Phi) is 6.58. The van der Waals surface area contributed by atoms with E-state index in [0.29, 0.717) is 29.6 Å². The molecule has 0 aliphatic rings. The van der Waals surface area contributed by atoms with Gasteiger partial charge >= 0.3 is 0 Å². The molecule has 33 heavy (non-hydrogen) atoms. The Morgan fingerprint density at radius 2 is 1.67 bits per heavy atom. The molecule has 170 valence electrons. The topological polar surface area (TPSA) is 92.4 Å². The van der Waals surface area contributed by atoms with Crippen molar-refractivity contribution in [2.45, 2.75) is 20.2 Å². The molecule has 0 spiro atoms. The molecule has 0 saturated carbocycles. The molecule has 0 bridgehead atoms. The van der Waals surface area contributed by atoms with Gasteiger partial charge in [-0.15, -0.1) is 0 Å². The standard InChI is InChI=1S/C24H25N5O4/c1-17-6-4-7-18(14-17)15-28-13-11-22(27-28)25-24(30)19-10-12-29(26-19)16-33-23-20(31-2)8-5-9-21(23)32-3/h4-14H,15-16H2,1-3H3,(H,25,27,30). The summed E-state index contributed by atoms with van der Waals surface area (Å²) in [5.74, 6) is 1.64. The Morgan fingerprint density at radius 3 is 2.39 bits per heavy atom. The summed E-state index contributed by atoms with van der Waals surface area (Å²) in [4.78, 5) is 12.6. The predicted molar refractivity (Wildman–Crippen MR) is 123 cm³/mol. The minimum absolute atomic E-state index is 0.0785. The van der Waals surface area contributed by atoms with Gasteiger partial charge in [-0.05, 0) is 30.7 Å². The summed E-state index contributed by atoms with van der Waals surface area (Å²) in [6.07, 6.45) is 3.48. The zero-order chi connectivity index (χ0) is 23.2. The molecule has 1 N–H and O–H groups in total. The lowest BCUT2D eigenvalue weighted by Crippen LogP contribution is -2.15. The van der Waals surface area contributed by atoms with Gasteiger partial charge in [0.1, 0.15) is 0 Å². The smallest absolute Gasteiger partial charge is 0.277 e. The van der Waals surface area contributed by atoms with Gasteiger partial charge in [0, 0.05) is 18.5 Å². The van der Waals surface area contributed by atoms with Gasteiger partial charge in [0.2, 0.25) is 5.75 Å². The van der Waals surface area contributed by atoms with E-state index >= 15 is 0 Å². The summed E-state index contributed by atoms with van der Waals surface area (Å²) in [6.45, 7) is 2.75. The maximum Gasteiger partial charge on any atom is 0.277 e. The van der Waals surface area contributed by atoms with Crippen molar-refractivity contribution in [2.24, 2.45) is 0 Å². The third-order valence-electron chi connectivity index (χ3n) is 4.91. The number of methoxy groups -OCH3 is 2. The van der Waals surface area contributed by atoms with Gasteiger partial charge in [-0.3, -0.25) is 9.48 Å². The van der Waals surface area contributed by atoms with Crippen molar-refractivity contribution in [3.63, 3.8) is 0 Å². The minimum atomic E-state index is -0.357. The first-order chi connectivity index (χ1) is 16.1. The number of aromatic nitrogens is 4. The number of nitrogens with one attached hydrogen (secondary N) is 1. The number of anilines is 1. The third-order valence-corrected chi connectivity index (χ3v) is 4.91. The van der Waals surface area contributed by atoms with Crippen LogP contribution in [0.1, 0.15) is 21.6 Å². The number of benzene rings is 2. The average Bonchev–Trinajstić information content (AvgIpc) is 3.47. The fourth-order valence-corrected chi connectivity index (χ4v) is 3.34. The van der Waals surface area contributed by atoms with Gasteiger partial charge in [-0.1, -0.05) is 35.9 Å². The lowest BCUT2D eigenvalue weighted by atomic mass is 10.1. The highest BCUT2D eigenvalue weighted by molar-refractivity contribution is 6.02. The van der Waals surface area contributed by atoms with Gasteiger partial charge in [-0.2, -0.15) is 10.2 Å². The summed E-state index contributed by atoms with van der Waals surface area (Å²) in [5, 5.41) is 11.5. The van der Waals surface area contributed by atoms with E-state index in [4.69, 9.17) is 14.2 Å². The van der Waals surface area contributed by atoms with Crippen LogP contribution in [0, 0.1) is 6.92 Å². The maximum absolute atomic E-state index is 12.6. The summed E-state index contributed by atoms with van der Waals surface area (Å²) in [7, 11) is 3.11. The van der Waals surface area contributed by atoms with Crippen LogP contribution in [0.15, 0.2) is 67.0 Å². The molecule has 1 amide bonds. The average molecular weight is 447 g/mol. The molecule has 0 radical (unpaired) electrons. The van der Waals surface area contributed by atoms with E-state index in [0.717, 1.165) is 5.56 Å². The Hall–Kier alpha value is -4.27. The van der Waals surface area contributed by atoms with Gasteiger partial charge in [0.15, 0.2) is 29.7 Å². The predicted octanol–water partition coefficient (Wildman–Crippen LogP) is 3.74. The molecule has 0 unspecified atom stereocenters. The Labute approximate surface area is 191 Å². The molecule has 2 heterocycles. The van der Waals surface area contributed by atoms with E-state index in [2.05, 4.69) is 34.6 Å². The SMILES string of the molecule is COc1cccc(OC)c1OCn1ccc(C(=O)Nc2ccn(Cc3cccc(C)c3)n2)n1. The van der Waals surface area contributed by atoms with E-state index in [9.17, 15) is 4.79 Å². The highest BCUT2D eigenvalue weighted by Gasteiger charge is 2.14. The lowest BCUT2D eigenvalue weighted by Gasteiger charge is -2.13. The molecule has 4 aromatic rings.